The predicted octanol–water partition coefficient (Wildman–Crippen LogP) is 2.07. The van der Waals surface area contributed by atoms with Gasteiger partial charge in [0.05, 0.1) is 4.90 Å². The summed E-state index contributed by atoms with van der Waals surface area (Å²) in [5, 5.41) is 0. The van der Waals surface area contributed by atoms with E-state index in [0.29, 0.717) is 18.0 Å². The first-order valence-electron chi connectivity index (χ1n) is 7.14. The van der Waals surface area contributed by atoms with E-state index >= 15 is 0 Å². The van der Waals surface area contributed by atoms with E-state index in [1.54, 1.807) is 12.3 Å². The van der Waals surface area contributed by atoms with Gasteiger partial charge in [0.15, 0.2) is 0 Å². The highest BCUT2D eigenvalue weighted by Gasteiger charge is 2.22. The van der Waals surface area contributed by atoms with Gasteiger partial charge in [0.25, 0.3) is 0 Å². The van der Waals surface area contributed by atoms with Crippen LogP contribution >= 0.6 is 0 Å². The van der Waals surface area contributed by atoms with Crippen molar-refractivity contribution in [2.75, 3.05) is 6.54 Å². The third kappa shape index (κ3) is 4.33. The summed E-state index contributed by atoms with van der Waals surface area (Å²) >= 11 is 0. The van der Waals surface area contributed by atoms with Crippen molar-refractivity contribution in [2.24, 2.45) is 11.1 Å². The molecule has 1 aromatic heterocycles. The van der Waals surface area contributed by atoms with Crippen molar-refractivity contribution in [3.63, 3.8) is 0 Å². The van der Waals surface area contributed by atoms with Crippen molar-refractivity contribution in [3.05, 3.63) is 18.0 Å². The number of nitrogens with zero attached hydrogens (tertiary/aromatic N) is 1. The zero-order valence-corrected chi connectivity index (χ0v) is 13.8. The first kappa shape index (κ1) is 17.2. The molecule has 0 atom stereocenters. The van der Waals surface area contributed by atoms with E-state index in [4.69, 9.17) is 5.73 Å². The molecular formula is C14H27N3O2S. The molecule has 20 heavy (non-hydrogen) atoms. The lowest BCUT2D eigenvalue weighted by Gasteiger charge is -2.22. The number of nitrogens with two attached hydrogens (primary N) is 1. The molecule has 0 saturated heterocycles. The fourth-order valence-corrected chi connectivity index (χ4v) is 3.10. The van der Waals surface area contributed by atoms with Crippen molar-refractivity contribution >= 4 is 10.0 Å². The molecule has 0 aliphatic rings. The van der Waals surface area contributed by atoms with Gasteiger partial charge in [-0.2, -0.15) is 0 Å². The maximum Gasteiger partial charge on any atom is 0.242 e. The summed E-state index contributed by atoms with van der Waals surface area (Å²) in [6, 6.07) is 1.66. The van der Waals surface area contributed by atoms with Gasteiger partial charge in [-0.3, -0.25) is 0 Å². The number of sulfonamides is 1. The Labute approximate surface area is 122 Å². The van der Waals surface area contributed by atoms with Crippen LogP contribution in [-0.2, 0) is 23.1 Å². The van der Waals surface area contributed by atoms with E-state index in [-0.39, 0.29) is 5.41 Å². The van der Waals surface area contributed by atoms with Crippen LogP contribution in [0.3, 0.4) is 0 Å². The maximum atomic E-state index is 12.3. The van der Waals surface area contributed by atoms with E-state index in [0.717, 1.165) is 25.1 Å². The van der Waals surface area contributed by atoms with Crippen LogP contribution < -0.4 is 10.5 Å². The summed E-state index contributed by atoms with van der Waals surface area (Å²) in [5.41, 5.74) is 6.47. The second kappa shape index (κ2) is 6.74. The zero-order valence-electron chi connectivity index (χ0n) is 12.9. The third-order valence-corrected chi connectivity index (χ3v) is 5.01. The first-order valence-corrected chi connectivity index (χ1v) is 8.63. The number of hydrogen-bond donors (Lipinski definition) is 2. The standard InChI is InChI=1S/C14H27N3O2S/c1-5-7-17-10-13(8-12(17)9-15)20(18,19)16-11-14(3,4)6-2/h8,10,16H,5-7,9,11,15H2,1-4H3. The van der Waals surface area contributed by atoms with Gasteiger partial charge in [-0.1, -0.05) is 27.7 Å². The van der Waals surface area contributed by atoms with Crippen molar-refractivity contribution in [1.82, 2.24) is 9.29 Å². The Morgan fingerprint density at radius 1 is 1.35 bits per heavy atom. The molecule has 6 heteroatoms. The van der Waals surface area contributed by atoms with Crippen LogP contribution in [0, 0.1) is 5.41 Å². The van der Waals surface area contributed by atoms with E-state index < -0.39 is 10.0 Å². The molecule has 1 aromatic rings. The molecular weight excluding hydrogens is 274 g/mol. The Bertz CT molecular complexity index is 533. The first-order chi connectivity index (χ1) is 9.25. The minimum atomic E-state index is -3.46. The Hall–Kier alpha value is -0.850. The summed E-state index contributed by atoms with van der Waals surface area (Å²) in [4.78, 5) is 0.304. The number of hydrogen-bond acceptors (Lipinski definition) is 3. The van der Waals surface area contributed by atoms with Crippen LogP contribution in [0.2, 0.25) is 0 Å². The van der Waals surface area contributed by atoms with Gasteiger partial charge in [-0.15, -0.1) is 0 Å². The molecule has 0 spiro atoms. The van der Waals surface area contributed by atoms with Gasteiger partial charge < -0.3 is 10.3 Å². The highest BCUT2D eigenvalue weighted by molar-refractivity contribution is 7.89. The molecule has 0 fully saturated rings. The lowest BCUT2D eigenvalue weighted by Crippen LogP contribution is -2.33. The molecule has 116 valence electrons. The molecule has 0 unspecified atom stereocenters. The maximum absolute atomic E-state index is 12.3. The highest BCUT2D eigenvalue weighted by atomic mass is 32.2. The number of rotatable bonds is 8. The van der Waals surface area contributed by atoms with Crippen LogP contribution in [0.15, 0.2) is 17.2 Å². The predicted molar refractivity (Wildman–Crippen MR) is 81.9 cm³/mol. The molecule has 0 amide bonds. The number of nitrogens with one attached hydrogen (secondary N) is 1. The normalized spacial score (nSPS) is 12.8. The quantitative estimate of drug-likeness (QED) is 0.771. The summed E-state index contributed by atoms with van der Waals surface area (Å²) < 4.78 is 29.2. The van der Waals surface area contributed by atoms with E-state index in [1.165, 1.54) is 0 Å². The molecule has 0 aliphatic heterocycles. The molecule has 1 rings (SSSR count). The van der Waals surface area contributed by atoms with Crippen molar-refractivity contribution in [1.29, 1.82) is 0 Å². The molecule has 3 N–H and O–H groups in total. The van der Waals surface area contributed by atoms with Gasteiger partial charge >= 0.3 is 0 Å². The Morgan fingerprint density at radius 3 is 2.50 bits per heavy atom. The smallest absolute Gasteiger partial charge is 0.242 e. The molecule has 0 aliphatic carbocycles. The van der Waals surface area contributed by atoms with E-state index in [2.05, 4.69) is 18.6 Å². The lowest BCUT2D eigenvalue weighted by molar-refractivity contribution is 0.350. The fraction of sp³-hybridized carbons (Fsp3) is 0.714. The summed E-state index contributed by atoms with van der Waals surface area (Å²) in [6.07, 6.45) is 3.53. The lowest BCUT2D eigenvalue weighted by atomic mass is 9.91. The van der Waals surface area contributed by atoms with Gasteiger partial charge in [0.2, 0.25) is 10.0 Å². The van der Waals surface area contributed by atoms with E-state index in [9.17, 15) is 8.42 Å². The molecule has 0 aromatic carbocycles. The summed E-state index contributed by atoms with van der Waals surface area (Å²) in [6.45, 7) is 9.75. The van der Waals surface area contributed by atoms with Gasteiger partial charge in [-0.05, 0) is 24.3 Å². The van der Waals surface area contributed by atoms with Crippen molar-refractivity contribution < 1.29 is 8.42 Å². The molecule has 1 heterocycles. The summed E-state index contributed by atoms with van der Waals surface area (Å²) in [7, 11) is -3.46. The van der Waals surface area contributed by atoms with Gasteiger partial charge in [0.1, 0.15) is 0 Å². The minimum absolute atomic E-state index is 0.0459. The second-order valence-corrected chi connectivity index (χ2v) is 7.67. The number of aryl methyl sites for hydroxylation is 1. The summed E-state index contributed by atoms with van der Waals surface area (Å²) in [5.74, 6) is 0. The molecule has 5 nitrogen and oxygen atoms in total. The molecule has 0 bridgehead atoms. The van der Waals surface area contributed by atoms with Gasteiger partial charge in [0, 0.05) is 31.5 Å². The zero-order chi connectivity index (χ0) is 15.4. The average Bonchev–Trinajstić information content (AvgIpc) is 2.81. The van der Waals surface area contributed by atoms with Crippen molar-refractivity contribution in [3.8, 4) is 0 Å². The van der Waals surface area contributed by atoms with Gasteiger partial charge in [-0.25, -0.2) is 13.1 Å². The number of aromatic nitrogens is 1. The Balaban J connectivity index is 2.92. The fourth-order valence-electron chi connectivity index (χ4n) is 1.79. The van der Waals surface area contributed by atoms with Crippen LogP contribution in [0.1, 0.15) is 46.2 Å². The van der Waals surface area contributed by atoms with Crippen LogP contribution in [0.4, 0.5) is 0 Å². The van der Waals surface area contributed by atoms with E-state index in [1.807, 2.05) is 18.4 Å². The topological polar surface area (TPSA) is 77.1 Å². The van der Waals surface area contributed by atoms with Crippen molar-refractivity contribution in [2.45, 2.75) is 58.5 Å². The monoisotopic (exact) mass is 301 g/mol. The second-order valence-electron chi connectivity index (χ2n) is 5.91. The minimum Gasteiger partial charge on any atom is -0.349 e. The SMILES string of the molecule is CCCn1cc(S(=O)(=O)NCC(C)(C)CC)cc1CN. The third-order valence-electron chi connectivity index (χ3n) is 3.64. The molecule has 0 radical (unpaired) electrons. The van der Waals surface area contributed by atoms with Crippen LogP contribution in [0.25, 0.3) is 0 Å². The van der Waals surface area contributed by atoms with Crippen LogP contribution in [0.5, 0.6) is 0 Å². The Morgan fingerprint density at radius 2 is 2.00 bits per heavy atom. The Kier molecular flexibility index (Phi) is 5.79. The molecule has 0 saturated carbocycles. The van der Waals surface area contributed by atoms with Crippen LogP contribution in [-0.4, -0.2) is 19.5 Å². The highest BCUT2D eigenvalue weighted by Crippen LogP contribution is 2.20. The average molecular weight is 301 g/mol. The largest absolute Gasteiger partial charge is 0.349 e.